The average molecular weight is 231 g/mol. The van der Waals surface area contributed by atoms with E-state index in [1.807, 2.05) is 20.8 Å². The summed E-state index contributed by atoms with van der Waals surface area (Å²) >= 11 is 0. The summed E-state index contributed by atoms with van der Waals surface area (Å²) in [7, 11) is 1.76. The van der Waals surface area contributed by atoms with Gasteiger partial charge in [0, 0.05) is 6.61 Å². The number of likely N-dealkylation sites (N-methyl/N-ethyl adjacent to an activating group) is 1. The molecule has 4 heteroatoms. The summed E-state index contributed by atoms with van der Waals surface area (Å²) in [6, 6.07) is 0. The van der Waals surface area contributed by atoms with Crippen molar-refractivity contribution in [2.45, 2.75) is 52.2 Å². The number of hydrogen-bond donors (Lipinski definition) is 1. The Labute approximate surface area is 98.7 Å². The average Bonchev–Trinajstić information content (AvgIpc) is 2.28. The van der Waals surface area contributed by atoms with E-state index in [0.717, 1.165) is 6.42 Å². The van der Waals surface area contributed by atoms with Crippen molar-refractivity contribution in [3.8, 4) is 0 Å². The Bertz CT molecular complexity index is 208. The molecule has 4 nitrogen and oxygen atoms in total. The number of esters is 1. The van der Waals surface area contributed by atoms with Gasteiger partial charge in [0.15, 0.2) is 0 Å². The van der Waals surface area contributed by atoms with Gasteiger partial charge in [0.25, 0.3) is 0 Å². The predicted molar refractivity (Wildman–Crippen MR) is 64.4 cm³/mol. The summed E-state index contributed by atoms with van der Waals surface area (Å²) in [5, 5.41) is 3.00. The molecule has 2 atom stereocenters. The maximum absolute atomic E-state index is 11.7. The maximum atomic E-state index is 11.7. The van der Waals surface area contributed by atoms with Gasteiger partial charge in [0.2, 0.25) is 0 Å². The molecule has 0 saturated carbocycles. The highest BCUT2D eigenvalue weighted by Gasteiger charge is 2.32. The zero-order chi connectivity index (χ0) is 12.6. The molecule has 96 valence electrons. The van der Waals surface area contributed by atoms with Gasteiger partial charge in [-0.2, -0.15) is 0 Å². The lowest BCUT2D eigenvalue weighted by atomic mass is 9.99. The van der Waals surface area contributed by atoms with Gasteiger partial charge in [-0.05, 0) is 40.7 Å². The van der Waals surface area contributed by atoms with Crippen LogP contribution in [0.15, 0.2) is 0 Å². The van der Waals surface area contributed by atoms with Crippen LogP contribution in [0.5, 0.6) is 0 Å². The van der Waals surface area contributed by atoms with E-state index in [-0.39, 0.29) is 12.1 Å². The largest absolute Gasteiger partial charge is 0.465 e. The van der Waals surface area contributed by atoms with Gasteiger partial charge in [0.05, 0.1) is 12.7 Å². The minimum Gasteiger partial charge on any atom is -0.465 e. The predicted octanol–water partition coefficient (Wildman–Crippen LogP) is 1.73. The lowest BCUT2D eigenvalue weighted by Gasteiger charge is -2.27. The summed E-state index contributed by atoms with van der Waals surface area (Å²) in [4.78, 5) is 11.7. The summed E-state index contributed by atoms with van der Waals surface area (Å²) < 4.78 is 10.6. The summed E-state index contributed by atoms with van der Waals surface area (Å²) in [6.45, 7) is 8.72. The van der Waals surface area contributed by atoms with Crippen molar-refractivity contribution in [3.05, 3.63) is 0 Å². The van der Waals surface area contributed by atoms with Gasteiger partial charge in [-0.15, -0.1) is 0 Å². The van der Waals surface area contributed by atoms with Gasteiger partial charge in [-0.3, -0.25) is 4.79 Å². The fourth-order valence-corrected chi connectivity index (χ4v) is 1.20. The smallest absolute Gasteiger partial charge is 0.326 e. The van der Waals surface area contributed by atoms with Crippen molar-refractivity contribution < 1.29 is 14.3 Å². The number of nitrogens with one attached hydrogen (secondary N) is 1. The number of hydrogen-bond acceptors (Lipinski definition) is 4. The first kappa shape index (κ1) is 15.4. The molecule has 0 aliphatic rings. The van der Waals surface area contributed by atoms with E-state index >= 15 is 0 Å². The highest BCUT2D eigenvalue weighted by molar-refractivity contribution is 5.80. The van der Waals surface area contributed by atoms with E-state index in [9.17, 15) is 4.79 Å². The Morgan fingerprint density at radius 3 is 2.50 bits per heavy atom. The Morgan fingerprint density at radius 1 is 1.44 bits per heavy atom. The fraction of sp³-hybridized carbons (Fsp3) is 0.917. The van der Waals surface area contributed by atoms with E-state index in [4.69, 9.17) is 9.47 Å². The second-order valence-electron chi connectivity index (χ2n) is 4.14. The Hall–Kier alpha value is -0.610. The van der Waals surface area contributed by atoms with E-state index in [1.165, 1.54) is 0 Å². The van der Waals surface area contributed by atoms with Crippen LogP contribution < -0.4 is 5.32 Å². The monoisotopic (exact) mass is 231 g/mol. The molecule has 0 aromatic heterocycles. The zero-order valence-electron chi connectivity index (χ0n) is 11.1. The van der Waals surface area contributed by atoms with Crippen LogP contribution in [-0.2, 0) is 14.3 Å². The molecule has 0 aromatic carbocycles. The van der Waals surface area contributed by atoms with Crippen molar-refractivity contribution in [1.29, 1.82) is 0 Å². The molecule has 0 aromatic rings. The Balaban J connectivity index is 4.11. The molecular weight excluding hydrogens is 206 g/mol. The van der Waals surface area contributed by atoms with Gasteiger partial charge >= 0.3 is 5.97 Å². The molecule has 2 unspecified atom stereocenters. The standard InChI is InChI=1S/C12H25NO3/c1-6-10(3)16-9-8-12(4,13-5)11(14)15-7-2/h10,13H,6-9H2,1-5H3. The molecule has 0 heterocycles. The van der Waals surface area contributed by atoms with Gasteiger partial charge in [-0.1, -0.05) is 6.92 Å². The molecule has 0 spiro atoms. The van der Waals surface area contributed by atoms with Crippen molar-refractivity contribution in [2.24, 2.45) is 0 Å². The van der Waals surface area contributed by atoms with Gasteiger partial charge in [0.1, 0.15) is 5.54 Å². The number of carbonyl (C=O) groups is 1. The van der Waals surface area contributed by atoms with Crippen molar-refractivity contribution >= 4 is 5.97 Å². The molecule has 0 amide bonds. The van der Waals surface area contributed by atoms with E-state index in [2.05, 4.69) is 12.2 Å². The van der Waals surface area contributed by atoms with E-state index < -0.39 is 5.54 Å². The molecule has 0 fully saturated rings. The summed E-state index contributed by atoms with van der Waals surface area (Å²) in [5.41, 5.74) is -0.649. The molecule has 0 saturated heterocycles. The van der Waals surface area contributed by atoms with Crippen LogP contribution >= 0.6 is 0 Å². The SMILES string of the molecule is CCOC(=O)C(C)(CCOC(C)CC)NC. The Morgan fingerprint density at radius 2 is 2.06 bits per heavy atom. The van der Waals surface area contributed by atoms with Crippen LogP contribution in [-0.4, -0.2) is 37.9 Å². The van der Waals surface area contributed by atoms with Crippen LogP contribution in [0.2, 0.25) is 0 Å². The lowest BCUT2D eigenvalue weighted by molar-refractivity contribution is -0.151. The number of carbonyl (C=O) groups excluding carboxylic acids is 1. The minimum atomic E-state index is -0.649. The van der Waals surface area contributed by atoms with Crippen molar-refractivity contribution in [2.75, 3.05) is 20.3 Å². The minimum absolute atomic E-state index is 0.217. The molecule has 0 aliphatic heterocycles. The quantitative estimate of drug-likeness (QED) is 0.646. The topological polar surface area (TPSA) is 47.6 Å². The van der Waals surface area contributed by atoms with Crippen molar-refractivity contribution in [3.63, 3.8) is 0 Å². The van der Waals surface area contributed by atoms with Crippen LogP contribution in [0.1, 0.15) is 40.5 Å². The molecule has 16 heavy (non-hydrogen) atoms. The van der Waals surface area contributed by atoms with Crippen molar-refractivity contribution in [1.82, 2.24) is 5.32 Å². The van der Waals surface area contributed by atoms with Gasteiger partial charge in [-0.25, -0.2) is 0 Å². The molecule has 0 aliphatic carbocycles. The third-order valence-electron chi connectivity index (χ3n) is 2.86. The van der Waals surface area contributed by atoms with Crippen LogP contribution in [0.3, 0.4) is 0 Å². The highest BCUT2D eigenvalue weighted by Crippen LogP contribution is 2.12. The normalized spacial score (nSPS) is 16.6. The maximum Gasteiger partial charge on any atom is 0.326 e. The molecule has 0 bridgehead atoms. The molecule has 0 rings (SSSR count). The third kappa shape index (κ3) is 4.94. The fourth-order valence-electron chi connectivity index (χ4n) is 1.20. The summed E-state index contributed by atoms with van der Waals surface area (Å²) in [5.74, 6) is -0.217. The second-order valence-corrected chi connectivity index (χ2v) is 4.14. The Kier molecular flexibility index (Phi) is 7.34. The van der Waals surface area contributed by atoms with E-state index in [0.29, 0.717) is 19.6 Å². The number of ether oxygens (including phenoxy) is 2. The molecule has 0 radical (unpaired) electrons. The number of rotatable bonds is 8. The first-order valence-corrected chi connectivity index (χ1v) is 5.97. The first-order valence-electron chi connectivity index (χ1n) is 5.97. The lowest BCUT2D eigenvalue weighted by Crippen LogP contribution is -2.49. The van der Waals surface area contributed by atoms with Crippen LogP contribution in [0.4, 0.5) is 0 Å². The van der Waals surface area contributed by atoms with Gasteiger partial charge < -0.3 is 14.8 Å². The second kappa shape index (κ2) is 7.63. The highest BCUT2D eigenvalue weighted by atomic mass is 16.5. The third-order valence-corrected chi connectivity index (χ3v) is 2.86. The van der Waals surface area contributed by atoms with E-state index in [1.54, 1.807) is 7.05 Å². The first-order chi connectivity index (χ1) is 7.50. The molecule has 1 N–H and O–H groups in total. The van der Waals surface area contributed by atoms with Crippen LogP contribution in [0, 0.1) is 0 Å². The summed E-state index contributed by atoms with van der Waals surface area (Å²) in [6.07, 6.45) is 1.84. The van der Waals surface area contributed by atoms with Crippen LogP contribution in [0.25, 0.3) is 0 Å². The molecular formula is C12H25NO3. The zero-order valence-corrected chi connectivity index (χ0v) is 11.1.